The standard InChI is InChI=1S/C13H16N3O5/c1-10-8-16(13(21)14-12(10)20)9-11(19)15(5-7-18)4-2-3-6-17/h6,8H,2-5,9H2,1H3,(H,14,20,21). The predicted octanol–water partition coefficient (Wildman–Crippen LogP) is -1.24. The first-order chi connectivity index (χ1) is 9.99. The van der Waals surface area contributed by atoms with Crippen molar-refractivity contribution in [1.82, 2.24) is 14.5 Å². The number of amides is 1. The van der Waals surface area contributed by atoms with Gasteiger partial charge < -0.3 is 9.69 Å². The molecule has 0 fully saturated rings. The summed E-state index contributed by atoms with van der Waals surface area (Å²) in [6, 6.07) is 0. The van der Waals surface area contributed by atoms with Crippen LogP contribution in [0.5, 0.6) is 0 Å². The van der Waals surface area contributed by atoms with Gasteiger partial charge in [-0.2, -0.15) is 0 Å². The predicted molar refractivity (Wildman–Crippen MR) is 73.6 cm³/mol. The lowest BCUT2D eigenvalue weighted by Gasteiger charge is -2.19. The number of aromatic nitrogens is 2. The van der Waals surface area contributed by atoms with Gasteiger partial charge in [-0.15, -0.1) is 0 Å². The number of aldehydes is 1. The Morgan fingerprint density at radius 2 is 2.19 bits per heavy atom. The van der Waals surface area contributed by atoms with Gasteiger partial charge in [-0.25, -0.2) is 4.79 Å². The summed E-state index contributed by atoms with van der Waals surface area (Å²) in [5.41, 5.74) is -0.897. The minimum absolute atomic E-state index is 0.226. The highest BCUT2D eigenvalue weighted by molar-refractivity contribution is 5.78. The van der Waals surface area contributed by atoms with Gasteiger partial charge in [-0.1, -0.05) is 0 Å². The molecule has 1 N–H and O–H groups in total. The number of unbranched alkanes of at least 4 members (excludes halogenated alkanes) is 1. The van der Waals surface area contributed by atoms with Crippen molar-refractivity contribution >= 4 is 18.5 Å². The first kappa shape index (κ1) is 16.5. The van der Waals surface area contributed by atoms with Crippen LogP contribution in [-0.2, 0) is 20.9 Å². The maximum atomic E-state index is 12.1. The van der Waals surface area contributed by atoms with Crippen molar-refractivity contribution in [2.75, 3.05) is 13.1 Å². The average Bonchev–Trinajstić information content (AvgIpc) is 2.44. The summed E-state index contributed by atoms with van der Waals surface area (Å²) in [4.78, 5) is 58.9. The molecule has 0 aliphatic carbocycles. The summed E-state index contributed by atoms with van der Waals surface area (Å²) in [7, 11) is 0. The molecule has 1 aromatic rings. The highest BCUT2D eigenvalue weighted by Crippen LogP contribution is 1.97. The van der Waals surface area contributed by atoms with Gasteiger partial charge in [0, 0.05) is 24.7 Å². The molecular formula is C13H16N3O5. The van der Waals surface area contributed by atoms with E-state index < -0.39 is 17.2 Å². The molecule has 0 aliphatic heterocycles. The van der Waals surface area contributed by atoms with Crippen molar-refractivity contribution in [3.05, 3.63) is 32.6 Å². The summed E-state index contributed by atoms with van der Waals surface area (Å²) >= 11 is 0. The molecule has 1 heterocycles. The van der Waals surface area contributed by atoms with E-state index in [1.54, 1.807) is 6.29 Å². The minimum atomic E-state index is -0.693. The number of carbonyl (C=O) groups is 2. The third-order valence-electron chi connectivity index (χ3n) is 2.85. The first-order valence-corrected chi connectivity index (χ1v) is 6.36. The van der Waals surface area contributed by atoms with Gasteiger partial charge >= 0.3 is 5.69 Å². The summed E-state index contributed by atoms with van der Waals surface area (Å²) in [6.07, 6.45) is 4.33. The monoisotopic (exact) mass is 294 g/mol. The number of aromatic amines is 1. The highest BCUT2D eigenvalue weighted by Gasteiger charge is 2.14. The van der Waals surface area contributed by atoms with Crippen LogP contribution in [0.4, 0.5) is 0 Å². The lowest BCUT2D eigenvalue weighted by molar-refractivity contribution is -0.131. The van der Waals surface area contributed by atoms with Gasteiger partial charge in [0.15, 0.2) is 0 Å². The number of nitrogens with zero attached hydrogens (tertiary/aromatic N) is 2. The van der Waals surface area contributed by atoms with E-state index in [1.807, 2.05) is 0 Å². The average molecular weight is 294 g/mol. The van der Waals surface area contributed by atoms with E-state index >= 15 is 0 Å². The Kier molecular flexibility index (Phi) is 6.25. The first-order valence-electron chi connectivity index (χ1n) is 6.36. The largest absolute Gasteiger partial charge is 0.333 e. The van der Waals surface area contributed by atoms with Crippen LogP contribution in [0.1, 0.15) is 18.4 Å². The quantitative estimate of drug-likeness (QED) is 0.476. The van der Waals surface area contributed by atoms with E-state index in [-0.39, 0.29) is 26.1 Å². The summed E-state index contributed by atoms with van der Waals surface area (Å²) in [5.74, 6) is -0.460. The molecule has 21 heavy (non-hydrogen) atoms. The second-order valence-electron chi connectivity index (χ2n) is 4.47. The van der Waals surface area contributed by atoms with Gasteiger partial charge in [-0.05, 0) is 13.3 Å². The van der Waals surface area contributed by atoms with E-state index in [0.717, 1.165) is 10.9 Å². The van der Waals surface area contributed by atoms with Crippen LogP contribution < -0.4 is 11.2 Å². The number of aryl methyl sites for hydroxylation is 1. The molecular weight excluding hydrogens is 278 g/mol. The SMILES string of the molecule is Cc1cn(CC(=O)N(C[C]=O)CCCC=O)c(=O)[nH]c1=O. The van der Waals surface area contributed by atoms with Crippen LogP contribution in [0.3, 0.4) is 0 Å². The second-order valence-corrected chi connectivity index (χ2v) is 4.47. The summed E-state index contributed by atoms with van der Waals surface area (Å²) < 4.78 is 1.07. The van der Waals surface area contributed by atoms with Crippen LogP contribution in [0.25, 0.3) is 0 Å². The second kappa shape index (κ2) is 7.93. The molecule has 113 valence electrons. The molecule has 1 aromatic heterocycles. The zero-order chi connectivity index (χ0) is 15.8. The normalized spacial score (nSPS) is 10.1. The minimum Gasteiger partial charge on any atom is -0.333 e. The van der Waals surface area contributed by atoms with E-state index in [0.29, 0.717) is 12.0 Å². The molecule has 8 heteroatoms. The van der Waals surface area contributed by atoms with Crippen LogP contribution in [-0.4, -0.2) is 46.0 Å². The molecule has 1 radical (unpaired) electrons. The number of rotatable bonds is 8. The zero-order valence-electron chi connectivity index (χ0n) is 11.6. The maximum Gasteiger partial charge on any atom is 0.328 e. The van der Waals surface area contributed by atoms with Crippen molar-refractivity contribution in [2.24, 2.45) is 0 Å². The van der Waals surface area contributed by atoms with Crippen molar-refractivity contribution in [2.45, 2.75) is 26.3 Å². The Morgan fingerprint density at radius 3 is 2.81 bits per heavy atom. The Bertz CT molecular complexity index is 631. The number of hydrogen-bond donors (Lipinski definition) is 1. The topological polar surface area (TPSA) is 109 Å². The van der Waals surface area contributed by atoms with E-state index in [9.17, 15) is 24.0 Å². The molecule has 1 rings (SSSR count). The third-order valence-corrected chi connectivity index (χ3v) is 2.85. The highest BCUT2D eigenvalue weighted by atomic mass is 16.2. The number of H-pyrrole nitrogens is 1. The van der Waals surface area contributed by atoms with Crippen LogP contribution >= 0.6 is 0 Å². The van der Waals surface area contributed by atoms with Gasteiger partial charge in [-0.3, -0.25) is 23.9 Å². The molecule has 1 amide bonds. The fraction of sp³-hybridized carbons (Fsp3) is 0.462. The fourth-order valence-electron chi connectivity index (χ4n) is 1.72. The van der Waals surface area contributed by atoms with E-state index in [4.69, 9.17) is 0 Å². The molecule has 0 bridgehead atoms. The number of carbonyl (C=O) groups excluding carboxylic acids is 3. The Balaban J connectivity index is 2.83. The molecule has 0 saturated carbocycles. The fourth-order valence-corrected chi connectivity index (χ4v) is 1.72. The molecule has 0 unspecified atom stereocenters. The maximum absolute atomic E-state index is 12.1. The van der Waals surface area contributed by atoms with Crippen molar-refractivity contribution in [3.63, 3.8) is 0 Å². The molecule has 0 aliphatic rings. The summed E-state index contributed by atoms with van der Waals surface area (Å²) in [5, 5.41) is 0. The van der Waals surface area contributed by atoms with Gasteiger partial charge in [0.05, 0.1) is 6.54 Å². The van der Waals surface area contributed by atoms with Crippen LogP contribution in [0.15, 0.2) is 15.8 Å². The third kappa shape index (κ3) is 4.83. The van der Waals surface area contributed by atoms with Crippen molar-refractivity contribution in [1.29, 1.82) is 0 Å². The Hall–Kier alpha value is -2.51. The molecule has 0 atom stereocenters. The van der Waals surface area contributed by atoms with Crippen LogP contribution in [0.2, 0.25) is 0 Å². The Morgan fingerprint density at radius 1 is 1.48 bits per heavy atom. The number of nitrogens with one attached hydrogen (secondary N) is 1. The number of hydrogen-bond acceptors (Lipinski definition) is 5. The van der Waals surface area contributed by atoms with Gasteiger partial charge in [0.1, 0.15) is 12.8 Å². The van der Waals surface area contributed by atoms with Gasteiger partial charge in [0.2, 0.25) is 12.2 Å². The van der Waals surface area contributed by atoms with Crippen molar-refractivity contribution < 1.29 is 14.4 Å². The Labute approximate surface area is 120 Å². The van der Waals surface area contributed by atoms with Crippen LogP contribution in [0, 0.1) is 6.92 Å². The molecule has 0 aromatic carbocycles. The zero-order valence-corrected chi connectivity index (χ0v) is 11.6. The van der Waals surface area contributed by atoms with Gasteiger partial charge in [0.25, 0.3) is 5.56 Å². The van der Waals surface area contributed by atoms with Crippen molar-refractivity contribution in [3.8, 4) is 0 Å². The lowest BCUT2D eigenvalue weighted by Crippen LogP contribution is -2.40. The lowest BCUT2D eigenvalue weighted by atomic mass is 10.3. The van der Waals surface area contributed by atoms with E-state index in [1.165, 1.54) is 18.0 Å². The molecule has 0 saturated heterocycles. The smallest absolute Gasteiger partial charge is 0.328 e. The summed E-state index contributed by atoms with van der Waals surface area (Å²) in [6.45, 7) is 1.22. The molecule has 8 nitrogen and oxygen atoms in total. The van der Waals surface area contributed by atoms with E-state index in [2.05, 4.69) is 4.98 Å². The molecule has 0 spiro atoms.